The predicted octanol–water partition coefficient (Wildman–Crippen LogP) is 4.16. The summed E-state index contributed by atoms with van der Waals surface area (Å²) in [5, 5.41) is 14.3. The SMILES string of the molecule is Cc1nn(-c2ccccc2)c2c1C(c1cccc(Br)c1)C(C#N)=C(N)O2. The standard InChI is InChI=1S/C20H15BrN4O/c1-12-17-18(13-6-5-7-14(21)10-13)16(11-22)19(23)26-20(17)25(24-12)15-8-3-2-4-9-15/h2-10,18H,23H2,1H3. The molecule has 0 spiro atoms. The van der Waals surface area contributed by atoms with Gasteiger partial charge < -0.3 is 10.5 Å². The number of nitriles is 1. The number of allylic oxidation sites excluding steroid dienone is 1. The molecule has 0 amide bonds. The molecule has 0 bridgehead atoms. The molecule has 0 fully saturated rings. The van der Waals surface area contributed by atoms with Crippen molar-refractivity contribution < 1.29 is 4.74 Å². The molecule has 2 aromatic carbocycles. The molecule has 0 saturated carbocycles. The molecule has 0 saturated heterocycles. The molecule has 1 aromatic heterocycles. The minimum absolute atomic E-state index is 0.113. The second-order valence-electron chi connectivity index (χ2n) is 6.03. The van der Waals surface area contributed by atoms with Crippen molar-refractivity contribution >= 4 is 15.9 Å². The van der Waals surface area contributed by atoms with E-state index in [4.69, 9.17) is 10.5 Å². The zero-order chi connectivity index (χ0) is 18.3. The molecular weight excluding hydrogens is 392 g/mol. The molecule has 26 heavy (non-hydrogen) atoms. The maximum atomic E-state index is 9.70. The topological polar surface area (TPSA) is 76.9 Å². The second-order valence-corrected chi connectivity index (χ2v) is 6.95. The van der Waals surface area contributed by atoms with Gasteiger partial charge in [-0.3, -0.25) is 0 Å². The number of ether oxygens (including phenoxy) is 1. The summed E-state index contributed by atoms with van der Waals surface area (Å²) in [7, 11) is 0. The van der Waals surface area contributed by atoms with Crippen LogP contribution >= 0.6 is 15.9 Å². The van der Waals surface area contributed by atoms with Gasteiger partial charge in [-0.2, -0.15) is 10.4 Å². The molecule has 2 heterocycles. The number of aryl methyl sites for hydroxylation is 1. The Morgan fingerprint density at radius 3 is 2.65 bits per heavy atom. The van der Waals surface area contributed by atoms with Crippen molar-refractivity contribution in [3.8, 4) is 17.6 Å². The van der Waals surface area contributed by atoms with E-state index in [-0.39, 0.29) is 11.8 Å². The zero-order valence-electron chi connectivity index (χ0n) is 14.0. The fourth-order valence-electron chi connectivity index (χ4n) is 3.28. The lowest BCUT2D eigenvalue weighted by Gasteiger charge is -2.25. The highest BCUT2D eigenvalue weighted by Gasteiger charge is 2.36. The Kier molecular flexibility index (Phi) is 4.02. The smallest absolute Gasteiger partial charge is 0.229 e. The van der Waals surface area contributed by atoms with Crippen LogP contribution < -0.4 is 10.5 Å². The van der Waals surface area contributed by atoms with Gasteiger partial charge in [0.05, 0.1) is 22.9 Å². The third-order valence-electron chi connectivity index (χ3n) is 4.42. The van der Waals surface area contributed by atoms with E-state index < -0.39 is 0 Å². The summed E-state index contributed by atoms with van der Waals surface area (Å²) in [6, 6.07) is 19.8. The van der Waals surface area contributed by atoms with Crippen LogP contribution in [0.15, 0.2) is 70.5 Å². The van der Waals surface area contributed by atoms with Crippen molar-refractivity contribution in [2.75, 3.05) is 0 Å². The lowest BCUT2D eigenvalue weighted by molar-refractivity contribution is 0.367. The van der Waals surface area contributed by atoms with Gasteiger partial charge in [0, 0.05) is 4.47 Å². The third-order valence-corrected chi connectivity index (χ3v) is 4.91. The summed E-state index contributed by atoms with van der Waals surface area (Å²) < 4.78 is 8.52. The zero-order valence-corrected chi connectivity index (χ0v) is 15.6. The molecule has 1 aliphatic rings. The molecule has 0 radical (unpaired) electrons. The van der Waals surface area contributed by atoms with Crippen LogP contribution in [0.4, 0.5) is 0 Å². The quantitative estimate of drug-likeness (QED) is 0.692. The van der Waals surface area contributed by atoms with Crippen molar-refractivity contribution in [2.24, 2.45) is 5.73 Å². The van der Waals surface area contributed by atoms with E-state index in [0.717, 1.165) is 27.0 Å². The molecule has 6 heteroatoms. The van der Waals surface area contributed by atoms with Crippen molar-refractivity contribution in [2.45, 2.75) is 12.8 Å². The molecule has 1 atom stereocenters. The number of fused-ring (bicyclic) bond motifs is 1. The summed E-state index contributed by atoms with van der Waals surface area (Å²) in [6.07, 6.45) is 0. The number of halogens is 1. The summed E-state index contributed by atoms with van der Waals surface area (Å²) in [5.41, 5.74) is 9.99. The van der Waals surface area contributed by atoms with E-state index in [0.29, 0.717) is 11.5 Å². The maximum absolute atomic E-state index is 9.70. The highest BCUT2D eigenvalue weighted by molar-refractivity contribution is 9.10. The van der Waals surface area contributed by atoms with Crippen molar-refractivity contribution in [1.82, 2.24) is 9.78 Å². The number of aromatic nitrogens is 2. The Morgan fingerprint density at radius 1 is 1.19 bits per heavy atom. The van der Waals surface area contributed by atoms with Crippen molar-refractivity contribution in [3.63, 3.8) is 0 Å². The normalized spacial score (nSPS) is 16.0. The van der Waals surface area contributed by atoms with E-state index in [1.165, 1.54) is 0 Å². The summed E-state index contributed by atoms with van der Waals surface area (Å²) >= 11 is 3.50. The van der Waals surface area contributed by atoms with E-state index in [9.17, 15) is 5.26 Å². The lowest BCUT2D eigenvalue weighted by Crippen LogP contribution is -2.22. The van der Waals surface area contributed by atoms with Crippen molar-refractivity contribution in [3.05, 3.63) is 87.3 Å². The Balaban J connectivity index is 1.97. The third kappa shape index (κ3) is 2.57. The Hall–Kier alpha value is -3.04. The van der Waals surface area contributed by atoms with Gasteiger partial charge in [0.15, 0.2) is 0 Å². The van der Waals surface area contributed by atoms with Gasteiger partial charge in [0.25, 0.3) is 0 Å². The molecule has 128 valence electrons. The molecule has 2 N–H and O–H groups in total. The average Bonchev–Trinajstić information content (AvgIpc) is 2.97. The van der Waals surface area contributed by atoms with Crippen LogP contribution in [-0.4, -0.2) is 9.78 Å². The molecule has 4 rings (SSSR count). The number of hydrogen-bond acceptors (Lipinski definition) is 4. The molecule has 1 unspecified atom stereocenters. The van der Waals surface area contributed by atoms with E-state index in [2.05, 4.69) is 27.1 Å². The van der Waals surface area contributed by atoms with Crippen LogP contribution in [0, 0.1) is 18.3 Å². The van der Waals surface area contributed by atoms with Gasteiger partial charge in [-0.25, -0.2) is 4.68 Å². The number of hydrogen-bond donors (Lipinski definition) is 1. The second kappa shape index (κ2) is 6.36. The molecule has 0 aliphatic carbocycles. The van der Waals surface area contributed by atoms with Crippen LogP contribution in [0.3, 0.4) is 0 Å². The highest BCUT2D eigenvalue weighted by atomic mass is 79.9. The molecule has 5 nitrogen and oxygen atoms in total. The first-order valence-electron chi connectivity index (χ1n) is 8.08. The Morgan fingerprint density at radius 2 is 1.96 bits per heavy atom. The molecule has 1 aliphatic heterocycles. The monoisotopic (exact) mass is 406 g/mol. The first-order chi connectivity index (χ1) is 12.6. The predicted molar refractivity (Wildman–Crippen MR) is 102 cm³/mol. The fraction of sp³-hybridized carbons (Fsp3) is 0.100. The summed E-state index contributed by atoms with van der Waals surface area (Å²) in [4.78, 5) is 0. The van der Waals surface area contributed by atoms with Gasteiger partial charge in [-0.1, -0.05) is 46.3 Å². The number of para-hydroxylation sites is 1. The minimum Gasteiger partial charge on any atom is -0.422 e. The number of nitrogens with two attached hydrogens (primary N) is 1. The number of rotatable bonds is 2. The first kappa shape index (κ1) is 16.4. The maximum Gasteiger partial charge on any atom is 0.229 e. The van der Waals surface area contributed by atoms with Crippen LogP contribution in [0.2, 0.25) is 0 Å². The number of nitrogens with zero attached hydrogens (tertiary/aromatic N) is 3. The Bertz CT molecular complexity index is 1060. The van der Waals surface area contributed by atoms with Gasteiger partial charge in [0.1, 0.15) is 11.6 Å². The van der Waals surface area contributed by atoms with E-state index >= 15 is 0 Å². The molecule has 3 aromatic rings. The van der Waals surface area contributed by atoms with Crippen LogP contribution in [0.1, 0.15) is 22.7 Å². The van der Waals surface area contributed by atoms with Crippen LogP contribution in [-0.2, 0) is 0 Å². The van der Waals surface area contributed by atoms with E-state index in [1.54, 1.807) is 4.68 Å². The summed E-state index contributed by atoms with van der Waals surface area (Å²) in [6.45, 7) is 1.92. The van der Waals surface area contributed by atoms with Crippen molar-refractivity contribution in [1.29, 1.82) is 5.26 Å². The largest absolute Gasteiger partial charge is 0.422 e. The van der Waals surface area contributed by atoms with Crippen LogP contribution in [0.25, 0.3) is 5.69 Å². The highest BCUT2D eigenvalue weighted by Crippen LogP contribution is 2.44. The Labute approximate surface area is 159 Å². The van der Waals surface area contributed by atoms with Gasteiger partial charge >= 0.3 is 0 Å². The minimum atomic E-state index is -0.321. The lowest BCUT2D eigenvalue weighted by atomic mass is 9.84. The first-order valence-corrected chi connectivity index (χ1v) is 8.87. The van der Waals surface area contributed by atoms with E-state index in [1.807, 2.05) is 61.5 Å². The fourth-order valence-corrected chi connectivity index (χ4v) is 3.69. The van der Waals surface area contributed by atoms with Gasteiger partial charge in [-0.05, 0) is 36.8 Å². The number of benzene rings is 2. The van der Waals surface area contributed by atoms with Gasteiger partial charge in [0.2, 0.25) is 11.8 Å². The average molecular weight is 407 g/mol. The van der Waals surface area contributed by atoms with Crippen LogP contribution in [0.5, 0.6) is 5.88 Å². The molecular formula is C20H15BrN4O. The summed E-state index contributed by atoms with van der Waals surface area (Å²) in [5.74, 6) is 0.343. The van der Waals surface area contributed by atoms with Gasteiger partial charge in [-0.15, -0.1) is 0 Å².